The molecule has 0 aliphatic carbocycles. The molecule has 0 bridgehead atoms. The summed E-state index contributed by atoms with van der Waals surface area (Å²) in [7, 11) is 1.68. The van der Waals surface area contributed by atoms with Gasteiger partial charge in [0, 0.05) is 32.6 Å². The fourth-order valence-corrected chi connectivity index (χ4v) is 4.66. The Hall–Kier alpha value is -2.33. The van der Waals surface area contributed by atoms with Gasteiger partial charge in [-0.2, -0.15) is 0 Å². The monoisotopic (exact) mass is 378 g/mol. The van der Waals surface area contributed by atoms with Gasteiger partial charge in [-0.15, -0.1) is 0 Å². The van der Waals surface area contributed by atoms with Crippen LogP contribution in [0.1, 0.15) is 30.4 Å². The Morgan fingerprint density at radius 2 is 1.61 bits per heavy atom. The van der Waals surface area contributed by atoms with Gasteiger partial charge in [-0.05, 0) is 54.5 Å². The van der Waals surface area contributed by atoms with Crippen molar-refractivity contribution in [1.82, 2.24) is 9.80 Å². The van der Waals surface area contributed by atoms with E-state index in [-0.39, 0.29) is 0 Å². The number of nitrogens with zero attached hydrogens (tertiary/aromatic N) is 2. The molecule has 0 N–H and O–H groups in total. The number of rotatable bonds is 5. The number of hydrogen-bond acceptors (Lipinski definition) is 3. The number of piperidine rings is 1. The van der Waals surface area contributed by atoms with Crippen LogP contribution in [-0.4, -0.2) is 42.5 Å². The zero-order valence-electron chi connectivity index (χ0n) is 16.7. The van der Waals surface area contributed by atoms with E-state index in [0.717, 1.165) is 44.8 Å². The number of carbonyl (C=O) groups excluding carboxylic acids is 1. The molecule has 2 aromatic rings. The summed E-state index contributed by atoms with van der Waals surface area (Å²) in [4.78, 5) is 17.5. The molecule has 4 rings (SSSR count). The maximum Gasteiger partial charge on any atom is 0.223 e. The van der Waals surface area contributed by atoms with Crippen molar-refractivity contribution in [3.05, 3.63) is 65.7 Å². The number of hydrogen-bond donors (Lipinski definition) is 0. The zero-order chi connectivity index (χ0) is 19.3. The van der Waals surface area contributed by atoms with Gasteiger partial charge < -0.3 is 9.64 Å². The first-order valence-corrected chi connectivity index (χ1v) is 10.4. The maximum atomic E-state index is 12.9. The summed E-state index contributed by atoms with van der Waals surface area (Å²) in [5.74, 6) is 2.35. The Morgan fingerprint density at radius 3 is 2.36 bits per heavy atom. The second kappa shape index (κ2) is 8.78. The lowest BCUT2D eigenvalue weighted by atomic mass is 9.82. The molecule has 2 aliphatic rings. The summed E-state index contributed by atoms with van der Waals surface area (Å²) in [5.41, 5.74) is 2.55. The minimum atomic E-state index is 0.319. The highest BCUT2D eigenvalue weighted by atomic mass is 16.5. The van der Waals surface area contributed by atoms with Crippen molar-refractivity contribution in [2.24, 2.45) is 11.8 Å². The summed E-state index contributed by atoms with van der Waals surface area (Å²) in [6.45, 7) is 4.81. The van der Waals surface area contributed by atoms with Gasteiger partial charge in [-0.3, -0.25) is 9.69 Å². The number of carbonyl (C=O) groups is 1. The summed E-state index contributed by atoms with van der Waals surface area (Å²) in [6.07, 6.45) is 2.96. The predicted octanol–water partition coefficient (Wildman–Crippen LogP) is 3.96. The Bertz CT molecular complexity index is 775. The van der Waals surface area contributed by atoms with Gasteiger partial charge in [0.25, 0.3) is 0 Å². The Labute approximate surface area is 168 Å². The molecule has 1 amide bonds. The summed E-state index contributed by atoms with van der Waals surface area (Å²) in [5, 5.41) is 0. The van der Waals surface area contributed by atoms with Crippen molar-refractivity contribution < 1.29 is 9.53 Å². The number of ether oxygens (including phenoxy) is 1. The summed E-state index contributed by atoms with van der Waals surface area (Å²) >= 11 is 0. The molecular formula is C24H30N2O2. The van der Waals surface area contributed by atoms with Crippen LogP contribution in [0.25, 0.3) is 0 Å². The van der Waals surface area contributed by atoms with Crippen LogP contribution in [0, 0.1) is 11.8 Å². The summed E-state index contributed by atoms with van der Waals surface area (Å²) in [6, 6.07) is 18.8. The molecule has 0 unspecified atom stereocenters. The number of benzene rings is 2. The van der Waals surface area contributed by atoms with Crippen LogP contribution in [0.5, 0.6) is 5.75 Å². The molecule has 2 aliphatic heterocycles. The summed E-state index contributed by atoms with van der Waals surface area (Å²) < 4.78 is 5.23. The topological polar surface area (TPSA) is 32.8 Å². The van der Waals surface area contributed by atoms with Gasteiger partial charge in [0.2, 0.25) is 5.91 Å². The smallest absolute Gasteiger partial charge is 0.223 e. The van der Waals surface area contributed by atoms with E-state index >= 15 is 0 Å². The van der Waals surface area contributed by atoms with Crippen molar-refractivity contribution in [3.63, 3.8) is 0 Å². The molecule has 0 aromatic heterocycles. The Kier molecular flexibility index (Phi) is 5.96. The predicted molar refractivity (Wildman–Crippen MR) is 111 cm³/mol. The molecule has 2 atom stereocenters. The van der Waals surface area contributed by atoms with E-state index in [1.54, 1.807) is 7.11 Å². The molecule has 28 heavy (non-hydrogen) atoms. The SMILES string of the molecule is COc1ccc(CN2CC[C@@H]3CN(Cc4ccccc4)CC[C@H]3CC2=O)cc1. The largest absolute Gasteiger partial charge is 0.497 e. The van der Waals surface area contributed by atoms with E-state index in [9.17, 15) is 4.79 Å². The van der Waals surface area contributed by atoms with Gasteiger partial charge in [0.05, 0.1) is 7.11 Å². The molecular weight excluding hydrogens is 348 g/mol. The minimum absolute atomic E-state index is 0.319. The standard InChI is InChI=1S/C24H30N2O2/c1-28-23-9-7-20(8-10-23)17-26-14-12-22-18-25(13-11-21(22)15-24(26)27)16-19-5-3-2-4-6-19/h2-10,21-22H,11-18H2,1H3/t21-,22+/m0/s1. The average Bonchev–Trinajstić information content (AvgIpc) is 2.88. The van der Waals surface area contributed by atoms with E-state index in [4.69, 9.17) is 4.74 Å². The van der Waals surface area contributed by atoms with E-state index in [2.05, 4.69) is 52.3 Å². The molecule has 0 radical (unpaired) electrons. The van der Waals surface area contributed by atoms with Gasteiger partial charge in [-0.1, -0.05) is 42.5 Å². The second-order valence-electron chi connectivity index (χ2n) is 8.19. The third kappa shape index (κ3) is 4.56. The third-order valence-corrected chi connectivity index (χ3v) is 6.32. The molecule has 2 saturated heterocycles. The molecule has 4 nitrogen and oxygen atoms in total. The van der Waals surface area contributed by atoms with Gasteiger partial charge >= 0.3 is 0 Å². The first-order valence-electron chi connectivity index (χ1n) is 10.4. The van der Waals surface area contributed by atoms with Crippen molar-refractivity contribution in [1.29, 1.82) is 0 Å². The van der Waals surface area contributed by atoms with Crippen LogP contribution >= 0.6 is 0 Å². The number of likely N-dealkylation sites (tertiary alicyclic amines) is 2. The molecule has 2 heterocycles. The molecule has 4 heteroatoms. The highest BCUT2D eigenvalue weighted by Crippen LogP contribution is 2.33. The third-order valence-electron chi connectivity index (χ3n) is 6.32. The van der Waals surface area contributed by atoms with Crippen LogP contribution in [0.3, 0.4) is 0 Å². The highest BCUT2D eigenvalue weighted by molar-refractivity contribution is 5.76. The molecule has 0 saturated carbocycles. The minimum Gasteiger partial charge on any atom is -0.497 e. The lowest BCUT2D eigenvalue weighted by Crippen LogP contribution is -2.40. The van der Waals surface area contributed by atoms with Gasteiger partial charge in [0.15, 0.2) is 0 Å². The maximum absolute atomic E-state index is 12.9. The fourth-order valence-electron chi connectivity index (χ4n) is 4.66. The normalized spacial score (nSPS) is 23.2. The second-order valence-corrected chi connectivity index (χ2v) is 8.19. The molecule has 148 valence electrons. The molecule has 2 fully saturated rings. The van der Waals surface area contributed by atoms with Crippen molar-refractivity contribution in [2.75, 3.05) is 26.7 Å². The van der Waals surface area contributed by atoms with E-state index in [1.165, 1.54) is 11.1 Å². The Balaban J connectivity index is 1.36. The zero-order valence-corrected chi connectivity index (χ0v) is 16.7. The van der Waals surface area contributed by atoms with Crippen LogP contribution in [0.4, 0.5) is 0 Å². The molecule has 2 aromatic carbocycles. The number of fused-ring (bicyclic) bond motifs is 1. The number of methoxy groups -OCH3 is 1. The van der Waals surface area contributed by atoms with E-state index < -0.39 is 0 Å². The van der Waals surface area contributed by atoms with Crippen molar-refractivity contribution in [2.45, 2.75) is 32.4 Å². The van der Waals surface area contributed by atoms with Crippen molar-refractivity contribution in [3.8, 4) is 5.75 Å². The lowest BCUT2D eigenvalue weighted by molar-refractivity contribution is -0.132. The van der Waals surface area contributed by atoms with Crippen molar-refractivity contribution >= 4 is 5.91 Å². The van der Waals surface area contributed by atoms with E-state index in [1.807, 2.05) is 12.1 Å². The highest BCUT2D eigenvalue weighted by Gasteiger charge is 2.34. The van der Waals surface area contributed by atoms with Gasteiger partial charge in [-0.25, -0.2) is 0 Å². The quantitative estimate of drug-likeness (QED) is 0.790. The Morgan fingerprint density at radius 1 is 0.893 bits per heavy atom. The first-order chi connectivity index (χ1) is 13.7. The van der Waals surface area contributed by atoms with E-state index in [0.29, 0.717) is 30.7 Å². The van der Waals surface area contributed by atoms with Crippen LogP contribution in [0.15, 0.2) is 54.6 Å². The first kappa shape index (κ1) is 19.0. The lowest BCUT2D eigenvalue weighted by Gasteiger charge is -2.37. The number of amides is 1. The molecule has 0 spiro atoms. The average molecular weight is 379 g/mol. The van der Waals surface area contributed by atoms with Crippen LogP contribution in [-0.2, 0) is 17.9 Å². The fraction of sp³-hybridized carbons (Fsp3) is 0.458. The van der Waals surface area contributed by atoms with Gasteiger partial charge in [0.1, 0.15) is 5.75 Å². The van der Waals surface area contributed by atoms with Crippen LogP contribution < -0.4 is 4.74 Å². The van der Waals surface area contributed by atoms with Crippen LogP contribution in [0.2, 0.25) is 0 Å².